The molecule has 0 saturated heterocycles. The van der Waals surface area contributed by atoms with Gasteiger partial charge in [-0.3, -0.25) is 13.9 Å². The highest BCUT2D eigenvalue weighted by atomic mass is 19.4. The maximum atomic E-state index is 13.9. The second-order valence-electron chi connectivity index (χ2n) is 8.14. The van der Waals surface area contributed by atoms with Crippen molar-refractivity contribution in [2.24, 2.45) is 20.0 Å². The Hall–Kier alpha value is -3.30. The van der Waals surface area contributed by atoms with Gasteiger partial charge in [0.1, 0.15) is 5.82 Å². The van der Waals surface area contributed by atoms with Gasteiger partial charge in [-0.1, -0.05) is 32.0 Å². The molecule has 2 heterocycles. The number of allylic oxidation sites excluding steroid dienone is 1. The van der Waals surface area contributed by atoms with Crippen LogP contribution in [0.3, 0.4) is 0 Å². The summed E-state index contributed by atoms with van der Waals surface area (Å²) < 4.78 is 49.0. The first-order valence-electron chi connectivity index (χ1n) is 9.97. The molecule has 0 saturated carbocycles. The molecular formula is C22H24F3N3O4. The van der Waals surface area contributed by atoms with Crippen LogP contribution in [0.25, 0.3) is 0 Å². The molecule has 0 radical (unpaired) electrons. The Labute approximate surface area is 182 Å². The molecule has 1 N–H and O–H groups in total. The molecule has 1 aliphatic rings. The summed E-state index contributed by atoms with van der Waals surface area (Å²) in [5.74, 6) is -2.17. The van der Waals surface area contributed by atoms with Gasteiger partial charge in [0, 0.05) is 19.8 Å². The largest absolute Gasteiger partial charge is 0.462 e. The molecule has 1 atom stereocenters. The third-order valence-electron chi connectivity index (χ3n) is 5.33. The summed E-state index contributed by atoms with van der Waals surface area (Å²) in [5.41, 5.74) is -2.72. The van der Waals surface area contributed by atoms with E-state index in [2.05, 4.69) is 5.32 Å². The molecule has 32 heavy (non-hydrogen) atoms. The number of hydrogen-bond donors (Lipinski definition) is 1. The van der Waals surface area contributed by atoms with Crippen LogP contribution in [0.2, 0.25) is 0 Å². The summed E-state index contributed by atoms with van der Waals surface area (Å²) in [6.45, 7) is 5.21. The van der Waals surface area contributed by atoms with Gasteiger partial charge >= 0.3 is 17.8 Å². The van der Waals surface area contributed by atoms with Crippen LogP contribution >= 0.6 is 0 Å². The zero-order valence-corrected chi connectivity index (χ0v) is 18.3. The van der Waals surface area contributed by atoms with E-state index in [4.69, 9.17) is 4.74 Å². The number of alkyl halides is 3. The molecule has 0 bridgehead atoms. The number of aromatic nitrogens is 2. The van der Waals surface area contributed by atoms with E-state index in [9.17, 15) is 27.6 Å². The highest BCUT2D eigenvalue weighted by Gasteiger charge is 2.42. The number of nitrogens with zero attached hydrogens (tertiary/aromatic N) is 2. The number of anilines is 1. The molecule has 2 aromatic rings. The number of hydrogen-bond acceptors (Lipinski definition) is 5. The fourth-order valence-electron chi connectivity index (χ4n) is 3.80. The molecule has 1 aromatic heterocycles. The van der Waals surface area contributed by atoms with Crippen LogP contribution in [0.5, 0.6) is 0 Å². The summed E-state index contributed by atoms with van der Waals surface area (Å²) in [6.07, 6.45) is -4.73. The molecule has 3 rings (SSSR count). The van der Waals surface area contributed by atoms with Crippen molar-refractivity contribution in [1.29, 1.82) is 0 Å². The third kappa shape index (κ3) is 3.96. The van der Waals surface area contributed by atoms with E-state index >= 15 is 0 Å². The Kier molecular flexibility index (Phi) is 6.08. The molecule has 1 aromatic carbocycles. The minimum atomic E-state index is -4.73. The van der Waals surface area contributed by atoms with Crippen LogP contribution in [-0.4, -0.2) is 21.7 Å². The number of carbonyl (C=O) groups is 1. The smallest absolute Gasteiger partial charge is 0.416 e. The molecule has 7 nitrogen and oxygen atoms in total. The van der Waals surface area contributed by atoms with Crippen LogP contribution in [0.15, 0.2) is 45.1 Å². The molecule has 172 valence electrons. The minimum Gasteiger partial charge on any atom is -0.462 e. The Morgan fingerprint density at radius 1 is 1.16 bits per heavy atom. The quantitative estimate of drug-likeness (QED) is 0.723. The zero-order chi connectivity index (χ0) is 24.0. The van der Waals surface area contributed by atoms with Crippen molar-refractivity contribution < 1.29 is 22.7 Å². The van der Waals surface area contributed by atoms with Gasteiger partial charge in [-0.25, -0.2) is 9.59 Å². The average Bonchev–Trinajstić information content (AvgIpc) is 2.73. The SMILES string of the molecule is CC1=C(C(=O)OCC(C)C)C(c2ccccc2C(F)(F)F)c2c(n(C)c(=O)n(C)c2=O)N1. The van der Waals surface area contributed by atoms with E-state index in [1.165, 1.54) is 39.2 Å². The maximum absolute atomic E-state index is 13.9. The van der Waals surface area contributed by atoms with Gasteiger partial charge in [0.25, 0.3) is 5.56 Å². The standard InChI is InChI=1S/C22H24F3N3O4/c1-11(2)10-32-20(30)15-12(3)26-18-17(19(29)28(5)21(31)27(18)4)16(15)13-8-6-7-9-14(13)22(23,24)25/h6-9,11,16,26H,10H2,1-5H3. The first-order chi connectivity index (χ1) is 14.9. The van der Waals surface area contributed by atoms with Gasteiger partial charge in [0.05, 0.1) is 29.2 Å². The highest BCUT2D eigenvalue weighted by molar-refractivity contribution is 5.94. The lowest BCUT2D eigenvalue weighted by Gasteiger charge is -2.32. The van der Waals surface area contributed by atoms with Gasteiger partial charge in [0.2, 0.25) is 0 Å². The number of rotatable bonds is 4. The van der Waals surface area contributed by atoms with Crippen molar-refractivity contribution in [3.63, 3.8) is 0 Å². The fourth-order valence-corrected chi connectivity index (χ4v) is 3.80. The van der Waals surface area contributed by atoms with Gasteiger partial charge < -0.3 is 10.1 Å². The predicted octanol–water partition coefficient (Wildman–Crippen LogP) is 3.13. The third-order valence-corrected chi connectivity index (χ3v) is 5.33. The lowest BCUT2D eigenvalue weighted by atomic mass is 9.80. The summed E-state index contributed by atoms with van der Waals surface area (Å²) in [5, 5.41) is 2.86. The summed E-state index contributed by atoms with van der Waals surface area (Å²) in [7, 11) is 2.63. The number of esters is 1. The molecule has 0 aliphatic carbocycles. The second-order valence-corrected chi connectivity index (χ2v) is 8.14. The number of benzene rings is 1. The molecule has 1 aliphatic heterocycles. The Morgan fingerprint density at radius 3 is 2.38 bits per heavy atom. The first kappa shape index (κ1) is 23.4. The Morgan fingerprint density at radius 2 is 1.78 bits per heavy atom. The normalized spacial score (nSPS) is 16.1. The van der Waals surface area contributed by atoms with E-state index in [-0.39, 0.29) is 40.7 Å². The van der Waals surface area contributed by atoms with Crippen molar-refractivity contribution in [2.45, 2.75) is 32.9 Å². The molecule has 0 amide bonds. The highest BCUT2D eigenvalue weighted by Crippen LogP contribution is 2.44. The Bertz CT molecular complexity index is 1220. The molecule has 10 heteroatoms. The van der Waals surface area contributed by atoms with E-state index in [1.807, 2.05) is 13.8 Å². The van der Waals surface area contributed by atoms with E-state index < -0.39 is 34.9 Å². The predicted molar refractivity (Wildman–Crippen MR) is 112 cm³/mol. The maximum Gasteiger partial charge on any atom is 0.416 e. The average molecular weight is 451 g/mol. The lowest BCUT2D eigenvalue weighted by molar-refractivity contribution is -0.141. The van der Waals surface area contributed by atoms with Crippen LogP contribution in [-0.2, 0) is 29.8 Å². The van der Waals surface area contributed by atoms with E-state index in [0.29, 0.717) is 0 Å². The monoisotopic (exact) mass is 451 g/mol. The molecule has 0 fully saturated rings. The summed E-state index contributed by atoms with van der Waals surface area (Å²) in [6, 6.07) is 4.78. The number of ether oxygens (including phenoxy) is 1. The van der Waals surface area contributed by atoms with Gasteiger partial charge in [-0.15, -0.1) is 0 Å². The van der Waals surface area contributed by atoms with E-state index in [1.54, 1.807) is 0 Å². The first-order valence-corrected chi connectivity index (χ1v) is 9.97. The van der Waals surface area contributed by atoms with Crippen molar-refractivity contribution in [3.05, 3.63) is 73.1 Å². The summed E-state index contributed by atoms with van der Waals surface area (Å²) >= 11 is 0. The Balaban J connectivity index is 2.39. The number of fused-ring (bicyclic) bond motifs is 1. The zero-order valence-electron chi connectivity index (χ0n) is 18.3. The minimum absolute atomic E-state index is 0.00158. The van der Waals surface area contributed by atoms with E-state index in [0.717, 1.165) is 15.2 Å². The van der Waals surface area contributed by atoms with Crippen molar-refractivity contribution in [3.8, 4) is 0 Å². The lowest BCUT2D eigenvalue weighted by Crippen LogP contribution is -2.43. The van der Waals surface area contributed by atoms with Crippen LogP contribution < -0.4 is 16.6 Å². The number of nitrogens with one attached hydrogen (secondary N) is 1. The molecule has 0 spiro atoms. The topological polar surface area (TPSA) is 82.3 Å². The number of carbonyl (C=O) groups excluding carboxylic acids is 1. The van der Waals surface area contributed by atoms with Crippen LogP contribution in [0, 0.1) is 5.92 Å². The van der Waals surface area contributed by atoms with Crippen LogP contribution in [0.1, 0.15) is 43.4 Å². The van der Waals surface area contributed by atoms with Crippen LogP contribution in [0.4, 0.5) is 19.0 Å². The van der Waals surface area contributed by atoms with Crippen molar-refractivity contribution >= 4 is 11.8 Å². The second kappa shape index (κ2) is 8.33. The molecular weight excluding hydrogens is 427 g/mol. The summed E-state index contributed by atoms with van der Waals surface area (Å²) in [4.78, 5) is 38.6. The molecule has 1 unspecified atom stereocenters. The fraction of sp³-hybridized carbons (Fsp3) is 0.409. The van der Waals surface area contributed by atoms with Gasteiger partial charge in [0.15, 0.2) is 0 Å². The van der Waals surface area contributed by atoms with Crippen molar-refractivity contribution in [2.75, 3.05) is 11.9 Å². The van der Waals surface area contributed by atoms with Gasteiger partial charge in [-0.05, 0) is 24.5 Å². The number of halogens is 3. The van der Waals surface area contributed by atoms with Crippen molar-refractivity contribution in [1.82, 2.24) is 9.13 Å². The van der Waals surface area contributed by atoms with Gasteiger partial charge in [-0.2, -0.15) is 13.2 Å².